The Labute approximate surface area is 189 Å². The highest BCUT2D eigenvalue weighted by Gasteiger charge is 2.75. The molecular weight excluding hydrogens is 410 g/mol. The van der Waals surface area contributed by atoms with Gasteiger partial charge in [0.15, 0.2) is 0 Å². The lowest BCUT2D eigenvalue weighted by Crippen LogP contribution is -2.60. The first-order valence-electron chi connectivity index (χ1n) is 11.5. The van der Waals surface area contributed by atoms with Crippen molar-refractivity contribution in [1.29, 1.82) is 0 Å². The fourth-order valence-corrected chi connectivity index (χ4v) is 6.04. The second-order valence-corrected chi connectivity index (χ2v) is 10.3. The van der Waals surface area contributed by atoms with Crippen molar-refractivity contribution in [3.05, 3.63) is 24.3 Å². The van der Waals surface area contributed by atoms with Gasteiger partial charge in [-0.25, -0.2) is 0 Å². The van der Waals surface area contributed by atoms with Crippen molar-refractivity contribution in [3.8, 4) is 0 Å². The molecule has 1 spiro atoms. The summed E-state index contributed by atoms with van der Waals surface area (Å²) in [6, 6.07) is -1.56. The van der Waals surface area contributed by atoms with Gasteiger partial charge in [0.05, 0.1) is 30.1 Å². The van der Waals surface area contributed by atoms with Crippen molar-refractivity contribution >= 4 is 17.7 Å². The van der Waals surface area contributed by atoms with E-state index >= 15 is 0 Å². The van der Waals surface area contributed by atoms with E-state index in [1.54, 1.807) is 16.8 Å². The normalized spacial score (nSPS) is 37.7. The summed E-state index contributed by atoms with van der Waals surface area (Å²) in [7, 11) is 1.72. The molecule has 8 nitrogen and oxygen atoms in total. The van der Waals surface area contributed by atoms with Gasteiger partial charge in [0.25, 0.3) is 0 Å². The minimum absolute atomic E-state index is 0.0694. The molecule has 8 heteroatoms. The van der Waals surface area contributed by atoms with Gasteiger partial charge in [0.2, 0.25) is 17.7 Å². The smallest absolute Gasteiger partial charge is 0.249 e. The van der Waals surface area contributed by atoms with Crippen LogP contribution >= 0.6 is 0 Å². The van der Waals surface area contributed by atoms with Crippen LogP contribution in [0.25, 0.3) is 0 Å². The Morgan fingerprint density at radius 2 is 1.69 bits per heavy atom. The lowest BCUT2D eigenvalue weighted by molar-refractivity contribution is -0.157. The molecule has 0 radical (unpaired) electrons. The molecular formula is C24H35N3O5. The predicted octanol–water partition coefficient (Wildman–Crippen LogP) is 0.809. The Morgan fingerprint density at radius 3 is 2.28 bits per heavy atom. The fourth-order valence-electron chi connectivity index (χ4n) is 6.04. The van der Waals surface area contributed by atoms with Crippen LogP contribution in [0.4, 0.5) is 0 Å². The highest BCUT2D eigenvalue weighted by Crippen LogP contribution is 2.58. The van der Waals surface area contributed by atoms with Crippen LogP contribution in [0.3, 0.4) is 0 Å². The van der Waals surface area contributed by atoms with Crippen LogP contribution in [-0.2, 0) is 19.1 Å². The van der Waals surface area contributed by atoms with E-state index in [0.717, 1.165) is 0 Å². The summed E-state index contributed by atoms with van der Waals surface area (Å²) in [5.41, 5.74) is -2.27. The molecule has 6 atom stereocenters. The zero-order chi connectivity index (χ0) is 23.6. The number of carbonyl (C=O) groups excluding carboxylic acids is 3. The summed E-state index contributed by atoms with van der Waals surface area (Å²) in [6.07, 6.45) is 7.49. The molecule has 4 heterocycles. The van der Waals surface area contributed by atoms with E-state index in [2.05, 4.69) is 0 Å². The molecule has 176 valence electrons. The van der Waals surface area contributed by atoms with E-state index in [-0.39, 0.29) is 36.3 Å². The van der Waals surface area contributed by atoms with Crippen LogP contribution in [0.1, 0.15) is 34.6 Å². The second kappa shape index (κ2) is 7.70. The van der Waals surface area contributed by atoms with Crippen molar-refractivity contribution in [2.24, 2.45) is 17.8 Å². The summed E-state index contributed by atoms with van der Waals surface area (Å²) in [5.74, 6) is -2.33. The van der Waals surface area contributed by atoms with Crippen molar-refractivity contribution < 1.29 is 24.2 Å². The van der Waals surface area contributed by atoms with Gasteiger partial charge in [-0.15, -0.1) is 0 Å². The van der Waals surface area contributed by atoms with Crippen LogP contribution in [0, 0.1) is 17.8 Å². The van der Waals surface area contributed by atoms with E-state index in [1.807, 2.05) is 58.9 Å². The van der Waals surface area contributed by atoms with Crippen molar-refractivity contribution in [2.45, 2.75) is 63.9 Å². The van der Waals surface area contributed by atoms with E-state index < -0.39 is 35.1 Å². The van der Waals surface area contributed by atoms with Crippen LogP contribution < -0.4 is 0 Å². The predicted molar refractivity (Wildman–Crippen MR) is 118 cm³/mol. The molecule has 0 aliphatic carbocycles. The van der Waals surface area contributed by atoms with Crippen LogP contribution in [0.5, 0.6) is 0 Å². The van der Waals surface area contributed by atoms with Gasteiger partial charge in [0.1, 0.15) is 11.6 Å². The number of rotatable bonds is 4. The first-order valence-corrected chi connectivity index (χ1v) is 11.5. The van der Waals surface area contributed by atoms with Gasteiger partial charge in [-0.05, 0) is 26.7 Å². The summed E-state index contributed by atoms with van der Waals surface area (Å²) >= 11 is 0. The van der Waals surface area contributed by atoms with Crippen molar-refractivity contribution in [1.82, 2.24) is 14.7 Å². The number of amides is 3. The van der Waals surface area contributed by atoms with Crippen molar-refractivity contribution in [2.75, 3.05) is 26.7 Å². The van der Waals surface area contributed by atoms with Gasteiger partial charge >= 0.3 is 0 Å². The molecule has 32 heavy (non-hydrogen) atoms. The lowest BCUT2D eigenvalue weighted by Gasteiger charge is -2.41. The highest BCUT2D eigenvalue weighted by molar-refractivity contribution is 6.00. The van der Waals surface area contributed by atoms with Crippen LogP contribution in [0.2, 0.25) is 0 Å². The monoisotopic (exact) mass is 445 g/mol. The van der Waals surface area contributed by atoms with Gasteiger partial charge in [0, 0.05) is 26.2 Å². The largest absolute Gasteiger partial charge is 0.394 e. The zero-order valence-electron chi connectivity index (χ0n) is 19.8. The number of hydrogen-bond acceptors (Lipinski definition) is 5. The summed E-state index contributed by atoms with van der Waals surface area (Å²) < 4.78 is 6.71. The number of ether oxygens (including phenoxy) is 1. The van der Waals surface area contributed by atoms with E-state index in [1.165, 1.54) is 4.90 Å². The Hall–Kier alpha value is -2.19. The first-order chi connectivity index (χ1) is 15.0. The minimum atomic E-state index is -1.27. The summed E-state index contributed by atoms with van der Waals surface area (Å²) in [5, 5.41) is 10.2. The third-order valence-corrected chi connectivity index (χ3v) is 7.66. The van der Waals surface area contributed by atoms with E-state index in [4.69, 9.17) is 4.74 Å². The maximum absolute atomic E-state index is 14.1. The number of aliphatic hydroxyl groups is 1. The van der Waals surface area contributed by atoms with Gasteiger partial charge in [-0.3, -0.25) is 14.4 Å². The molecule has 1 unspecified atom stereocenters. The molecule has 2 saturated heterocycles. The number of likely N-dealkylation sites (N-methyl/N-ethyl adjacent to an activating group) is 1. The molecule has 0 saturated carbocycles. The topological polar surface area (TPSA) is 90.4 Å². The Bertz CT molecular complexity index is 883. The maximum atomic E-state index is 14.1. The maximum Gasteiger partial charge on any atom is 0.249 e. The Kier molecular flexibility index (Phi) is 5.53. The molecule has 0 aromatic rings. The second-order valence-electron chi connectivity index (χ2n) is 10.3. The minimum Gasteiger partial charge on any atom is -0.394 e. The third kappa shape index (κ3) is 2.99. The average molecular weight is 446 g/mol. The number of nitrogens with zero attached hydrogens (tertiary/aromatic N) is 3. The number of carbonyl (C=O) groups is 3. The zero-order valence-corrected chi connectivity index (χ0v) is 19.8. The third-order valence-electron chi connectivity index (χ3n) is 7.66. The Morgan fingerprint density at radius 1 is 1.03 bits per heavy atom. The quantitative estimate of drug-likeness (QED) is 0.647. The van der Waals surface area contributed by atoms with Gasteiger partial charge in [-0.1, -0.05) is 38.2 Å². The molecule has 3 amide bonds. The molecule has 2 fully saturated rings. The molecule has 0 aromatic heterocycles. The molecule has 4 aliphatic heterocycles. The molecule has 4 aliphatic rings. The van der Waals surface area contributed by atoms with Gasteiger partial charge < -0.3 is 24.5 Å². The van der Waals surface area contributed by atoms with E-state index in [0.29, 0.717) is 13.1 Å². The van der Waals surface area contributed by atoms with Crippen molar-refractivity contribution in [3.63, 3.8) is 0 Å². The first kappa shape index (κ1) is 23.0. The van der Waals surface area contributed by atoms with Crippen LogP contribution in [0.15, 0.2) is 24.3 Å². The molecule has 0 bridgehead atoms. The fraction of sp³-hybridized carbons (Fsp3) is 0.708. The highest BCUT2D eigenvalue weighted by atomic mass is 16.5. The molecule has 1 N–H and O–H groups in total. The van der Waals surface area contributed by atoms with Gasteiger partial charge in [-0.2, -0.15) is 0 Å². The lowest BCUT2D eigenvalue weighted by atomic mass is 9.74. The molecule has 4 rings (SSSR count). The van der Waals surface area contributed by atoms with E-state index in [9.17, 15) is 19.5 Å². The summed E-state index contributed by atoms with van der Waals surface area (Å²) in [6.45, 7) is 10.1. The number of likely N-dealkylation sites (tertiary alicyclic amines) is 1. The average Bonchev–Trinajstić information content (AvgIpc) is 2.98. The summed E-state index contributed by atoms with van der Waals surface area (Å²) in [4.78, 5) is 46.4. The number of hydrogen-bond donors (Lipinski definition) is 1. The SMILES string of the molecule is CC(C)[C@H](CO)N1C(=O)[C@@H]2[C@H]3C(=O)N(C)CC=C[C@@]3(C)O[C@@]23C=CCN(C(C)C)C(=O)C13. The van der Waals surface area contributed by atoms with Crippen LogP contribution in [-0.4, -0.2) is 93.6 Å². The standard InChI is InChI=1S/C24H35N3O5/c1-14(2)16(13-28)27-19-22(31)26(15(3)4)12-8-10-24(19)18(21(27)30)17-20(29)25(6)11-7-9-23(17,5)32-24/h7-10,14-19,28H,11-13H2,1-6H3/t16-,17-,18-,19?,23+,24-/m0/s1. The number of aliphatic hydroxyl groups excluding tert-OH is 1. The Balaban J connectivity index is 1.94. The molecule has 0 aromatic carbocycles. The number of fused-ring (bicyclic) bond motifs is 2.